The van der Waals surface area contributed by atoms with Gasteiger partial charge in [0.15, 0.2) is 0 Å². The topological polar surface area (TPSA) is 90.7 Å². The Hall–Kier alpha value is -0.670. The van der Waals surface area contributed by atoms with Gasteiger partial charge in [0, 0.05) is 31.8 Å². The Labute approximate surface area is 105 Å². The Morgan fingerprint density at radius 3 is 2.71 bits per heavy atom. The van der Waals surface area contributed by atoms with E-state index in [0.29, 0.717) is 12.3 Å². The number of methoxy groups -OCH3 is 2. The second-order valence-corrected chi connectivity index (χ2v) is 6.27. The molecule has 1 atom stereocenters. The van der Waals surface area contributed by atoms with Crippen LogP contribution in [-0.4, -0.2) is 41.9 Å². The second kappa shape index (κ2) is 6.31. The molecule has 0 spiro atoms. The van der Waals surface area contributed by atoms with Crippen molar-refractivity contribution in [3.8, 4) is 0 Å². The Morgan fingerprint density at radius 2 is 2.24 bits per heavy atom. The molecule has 98 valence electrons. The third-order valence-corrected chi connectivity index (χ3v) is 4.93. The van der Waals surface area contributed by atoms with E-state index in [4.69, 9.17) is 15.2 Å². The van der Waals surface area contributed by atoms with Crippen molar-refractivity contribution in [2.75, 3.05) is 33.1 Å². The van der Waals surface area contributed by atoms with Crippen LogP contribution in [0, 0.1) is 0 Å². The number of nitrogens with one attached hydrogen (secondary N) is 1. The number of sulfonamides is 1. The van der Waals surface area contributed by atoms with Crippen molar-refractivity contribution in [3.63, 3.8) is 0 Å². The van der Waals surface area contributed by atoms with Gasteiger partial charge >= 0.3 is 0 Å². The van der Waals surface area contributed by atoms with E-state index < -0.39 is 10.0 Å². The minimum Gasteiger partial charge on any atom is -0.398 e. The lowest BCUT2D eigenvalue weighted by Crippen LogP contribution is -2.35. The molecule has 0 aliphatic rings. The van der Waals surface area contributed by atoms with Crippen LogP contribution in [0.2, 0.25) is 0 Å². The number of hydrogen-bond acceptors (Lipinski definition) is 6. The SMILES string of the molecule is COCC(CNS(=O)(=O)c1cc(N)cs1)OC. The summed E-state index contributed by atoms with van der Waals surface area (Å²) in [6, 6.07) is 1.42. The van der Waals surface area contributed by atoms with E-state index in [1.807, 2.05) is 0 Å². The molecule has 0 saturated heterocycles. The van der Waals surface area contributed by atoms with Crippen molar-refractivity contribution in [3.05, 3.63) is 11.4 Å². The van der Waals surface area contributed by atoms with Crippen LogP contribution in [0.25, 0.3) is 0 Å². The molecule has 0 aliphatic carbocycles. The Morgan fingerprint density at radius 1 is 1.53 bits per heavy atom. The van der Waals surface area contributed by atoms with Gasteiger partial charge in [-0.05, 0) is 6.07 Å². The molecule has 6 nitrogen and oxygen atoms in total. The van der Waals surface area contributed by atoms with E-state index in [2.05, 4.69) is 4.72 Å². The zero-order valence-electron chi connectivity index (χ0n) is 9.67. The maximum atomic E-state index is 11.8. The average molecular weight is 280 g/mol. The maximum Gasteiger partial charge on any atom is 0.250 e. The van der Waals surface area contributed by atoms with E-state index in [-0.39, 0.29) is 16.9 Å². The van der Waals surface area contributed by atoms with Gasteiger partial charge in [0.2, 0.25) is 10.0 Å². The highest BCUT2D eigenvalue weighted by Crippen LogP contribution is 2.21. The number of hydrogen-bond donors (Lipinski definition) is 2. The third kappa shape index (κ3) is 4.25. The molecule has 8 heteroatoms. The van der Waals surface area contributed by atoms with Crippen LogP contribution in [0.4, 0.5) is 5.69 Å². The molecular weight excluding hydrogens is 264 g/mol. The predicted octanol–water partition coefficient (Wildman–Crippen LogP) is 0.270. The summed E-state index contributed by atoms with van der Waals surface area (Å²) in [5.74, 6) is 0. The van der Waals surface area contributed by atoms with Gasteiger partial charge in [-0.2, -0.15) is 0 Å². The van der Waals surface area contributed by atoms with Crippen LogP contribution in [0.15, 0.2) is 15.7 Å². The number of thiophene rings is 1. The molecule has 1 unspecified atom stereocenters. The van der Waals surface area contributed by atoms with Crippen molar-refractivity contribution >= 4 is 27.0 Å². The first-order valence-electron chi connectivity index (χ1n) is 4.85. The lowest BCUT2D eigenvalue weighted by Gasteiger charge is -2.14. The van der Waals surface area contributed by atoms with Crippen LogP contribution < -0.4 is 10.5 Å². The van der Waals surface area contributed by atoms with Gasteiger partial charge in [0.1, 0.15) is 4.21 Å². The first-order valence-corrected chi connectivity index (χ1v) is 7.21. The third-order valence-electron chi connectivity index (χ3n) is 2.05. The van der Waals surface area contributed by atoms with Crippen molar-refractivity contribution in [1.29, 1.82) is 0 Å². The fourth-order valence-electron chi connectivity index (χ4n) is 1.14. The smallest absolute Gasteiger partial charge is 0.250 e. The lowest BCUT2D eigenvalue weighted by molar-refractivity contribution is 0.0320. The standard InChI is InChI=1S/C9H16N2O4S2/c1-14-5-8(15-2)4-11-17(12,13)9-3-7(10)6-16-9/h3,6,8,11H,4-5,10H2,1-2H3. The summed E-state index contributed by atoms with van der Waals surface area (Å²) >= 11 is 1.08. The van der Waals surface area contributed by atoms with Gasteiger partial charge < -0.3 is 15.2 Å². The molecule has 0 aromatic carbocycles. The predicted molar refractivity (Wildman–Crippen MR) is 66.6 cm³/mol. The first-order chi connectivity index (χ1) is 7.99. The number of ether oxygens (including phenoxy) is 2. The number of rotatable bonds is 7. The number of nitrogen functional groups attached to an aromatic ring is 1. The van der Waals surface area contributed by atoms with Gasteiger partial charge in [0.05, 0.1) is 12.7 Å². The monoisotopic (exact) mass is 280 g/mol. The quantitative estimate of drug-likeness (QED) is 0.748. The Kier molecular flexibility index (Phi) is 5.34. The first kappa shape index (κ1) is 14.4. The van der Waals surface area contributed by atoms with Crippen LogP contribution in [-0.2, 0) is 19.5 Å². The number of nitrogens with two attached hydrogens (primary N) is 1. The molecular formula is C9H16N2O4S2. The normalized spacial score (nSPS) is 13.8. The molecule has 1 aromatic rings. The van der Waals surface area contributed by atoms with Crippen LogP contribution in [0.1, 0.15) is 0 Å². The molecule has 17 heavy (non-hydrogen) atoms. The van der Waals surface area contributed by atoms with Crippen LogP contribution in [0.5, 0.6) is 0 Å². The summed E-state index contributed by atoms with van der Waals surface area (Å²) < 4.78 is 36.2. The zero-order chi connectivity index (χ0) is 12.9. The molecule has 0 bridgehead atoms. The molecule has 0 radical (unpaired) electrons. The summed E-state index contributed by atoms with van der Waals surface area (Å²) in [5, 5.41) is 1.58. The highest BCUT2D eigenvalue weighted by atomic mass is 32.2. The second-order valence-electron chi connectivity index (χ2n) is 3.36. The van der Waals surface area contributed by atoms with Crippen molar-refractivity contribution < 1.29 is 17.9 Å². The van der Waals surface area contributed by atoms with E-state index in [9.17, 15) is 8.42 Å². The average Bonchev–Trinajstić information content (AvgIpc) is 2.72. The van der Waals surface area contributed by atoms with E-state index in [1.54, 1.807) is 5.38 Å². The number of anilines is 1. The molecule has 0 amide bonds. The highest BCUT2D eigenvalue weighted by Gasteiger charge is 2.18. The summed E-state index contributed by atoms with van der Waals surface area (Å²) in [6.45, 7) is 0.482. The molecule has 0 saturated carbocycles. The van der Waals surface area contributed by atoms with Crippen molar-refractivity contribution in [2.45, 2.75) is 10.3 Å². The highest BCUT2D eigenvalue weighted by molar-refractivity contribution is 7.91. The fourth-order valence-corrected chi connectivity index (χ4v) is 3.33. The minimum atomic E-state index is -3.51. The summed E-state index contributed by atoms with van der Waals surface area (Å²) in [6.07, 6.45) is -0.313. The lowest BCUT2D eigenvalue weighted by atomic mass is 10.4. The Balaban J connectivity index is 2.61. The molecule has 1 heterocycles. The molecule has 3 N–H and O–H groups in total. The van der Waals surface area contributed by atoms with Crippen LogP contribution in [0.3, 0.4) is 0 Å². The van der Waals surface area contributed by atoms with Gasteiger partial charge in [-0.1, -0.05) is 0 Å². The van der Waals surface area contributed by atoms with Gasteiger partial charge in [-0.3, -0.25) is 0 Å². The summed E-state index contributed by atoms with van der Waals surface area (Å²) in [7, 11) is -0.481. The Bertz CT molecular complexity index is 444. The molecule has 0 aliphatic heterocycles. The van der Waals surface area contributed by atoms with Crippen LogP contribution >= 0.6 is 11.3 Å². The summed E-state index contributed by atoms with van der Waals surface area (Å²) in [4.78, 5) is 0. The molecule has 0 fully saturated rings. The van der Waals surface area contributed by atoms with E-state index in [0.717, 1.165) is 11.3 Å². The largest absolute Gasteiger partial charge is 0.398 e. The molecule has 1 rings (SSSR count). The fraction of sp³-hybridized carbons (Fsp3) is 0.556. The summed E-state index contributed by atoms with van der Waals surface area (Å²) in [5.41, 5.74) is 5.92. The van der Waals surface area contributed by atoms with E-state index >= 15 is 0 Å². The maximum absolute atomic E-state index is 11.8. The van der Waals surface area contributed by atoms with Gasteiger partial charge in [-0.25, -0.2) is 13.1 Å². The van der Waals surface area contributed by atoms with Crippen molar-refractivity contribution in [2.24, 2.45) is 0 Å². The zero-order valence-corrected chi connectivity index (χ0v) is 11.3. The van der Waals surface area contributed by atoms with Crippen molar-refractivity contribution in [1.82, 2.24) is 4.72 Å². The van der Waals surface area contributed by atoms with Gasteiger partial charge in [-0.15, -0.1) is 11.3 Å². The van der Waals surface area contributed by atoms with Gasteiger partial charge in [0.25, 0.3) is 0 Å². The molecule has 1 aromatic heterocycles. The van der Waals surface area contributed by atoms with E-state index in [1.165, 1.54) is 20.3 Å². The minimum absolute atomic E-state index is 0.157.